The highest BCUT2D eigenvalue weighted by Gasteiger charge is 2.06. The minimum atomic E-state index is -0.0898. The number of nitrogens with one attached hydrogen (secondary N) is 1. The first-order chi connectivity index (χ1) is 9.15. The van der Waals surface area contributed by atoms with Crippen molar-refractivity contribution in [1.29, 1.82) is 0 Å². The fourth-order valence-corrected chi connectivity index (χ4v) is 2.44. The Morgan fingerprint density at radius 1 is 1.05 bits per heavy atom. The molecule has 5 heteroatoms. The third-order valence-electron chi connectivity index (χ3n) is 2.33. The molecule has 0 atom stereocenters. The van der Waals surface area contributed by atoms with E-state index in [2.05, 4.69) is 5.32 Å². The van der Waals surface area contributed by atoms with Crippen LogP contribution < -0.4 is 5.32 Å². The number of thioether (sulfide) groups is 1. The monoisotopic (exact) mass is 311 g/mol. The lowest BCUT2D eigenvalue weighted by Gasteiger charge is -2.06. The highest BCUT2D eigenvalue weighted by Crippen LogP contribution is 2.23. The number of amides is 1. The van der Waals surface area contributed by atoms with Crippen molar-refractivity contribution < 1.29 is 4.79 Å². The van der Waals surface area contributed by atoms with E-state index in [9.17, 15) is 4.79 Å². The zero-order chi connectivity index (χ0) is 13.7. The molecular formula is C14H11Cl2NOS. The number of benzene rings is 2. The van der Waals surface area contributed by atoms with Gasteiger partial charge in [-0.25, -0.2) is 0 Å². The maximum absolute atomic E-state index is 11.8. The van der Waals surface area contributed by atoms with E-state index >= 15 is 0 Å². The third-order valence-corrected chi connectivity index (χ3v) is 3.93. The van der Waals surface area contributed by atoms with Gasteiger partial charge in [-0.3, -0.25) is 4.79 Å². The maximum Gasteiger partial charge on any atom is 0.234 e. The lowest BCUT2D eigenvalue weighted by molar-refractivity contribution is -0.113. The van der Waals surface area contributed by atoms with Gasteiger partial charge in [0.25, 0.3) is 0 Å². The molecule has 1 amide bonds. The van der Waals surface area contributed by atoms with E-state index in [4.69, 9.17) is 23.2 Å². The second kappa shape index (κ2) is 6.85. The van der Waals surface area contributed by atoms with Crippen molar-refractivity contribution >= 4 is 46.6 Å². The molecule has 2 rings (SSSR count). The highest BCUT2D eigenvalue weighted by atomic mass is 35.5. The molecule has 19 heavy (non-hydrogen) atoms. The zero-order valence-corrected chi connectivity index (χ0v) is 12.2. The van der Waals surface area contributed by atoms with Gasteiger partial charge in [-0.2, -0.15) is 0 Å². The SMILES string of the molecule is O=C(CSc1ccc(Cl)cc1)Nc1ccccc1Cl. The zero-order valence-electron chi connectivity index (χ0n) is 9.90. The largest absolute Gasteiger partial charge is 0.324 e. The molecule has 0 bridgehead atoms. The Morgan fingerprint density at radius 3 is 2.42 bits per heavy atom. The first-order valence-corrected chi connectivity index (χ1v) is 7.32. The summed E-state index contributed by atoms with van der Waals surface area (Å²) in [7, 11) is 0. The van der Waals surface area contributed by atoms with Crippen LogP contribution in [0.5, 0.6) is 0 Å². The van der Waals surface area contributed by atoms with E-state index in [1.807, 2.05) is 24.3 Å². The van der Waals surface area contributed by atoms with Crippen LogP contribution in [0, 0.1) is 0 Å². The predicted octanol–water partition coefficient (Wildman–Crippen LogP) is 4.72. The van der Waals surface area contributed by atoms with Crippen molar-refractivity contribution in [1.82, 2.24) is 0 Å². The minimum Gasteiger partial charge on any atom is -0.324 e. The van der Waals surface area contributed by atoms with Crippen molar-refractivity contribution in [2.75, 3.05) is 11.1 Å². The first-order valence-electron chi connectivity index (χ1n) is 5.58. The molecule has 0 unspecified atom stereocenters. The quantitative estimate of drug-likeness (QED) is 0.827. The smallest absolute Gasteiger partial charge is 0.234 e. The fraction of sp³-hybridized carbons (Fsp3) is 0.0714. The van der Waals surface area contributed by atoms with Crippen LogP contribution in [0.2, 0.25) is 10.0 Å². The third kappa shape index (κ3) is 4.46. The number of carbonyl (C=O) groups is 1. The number of hydrogen-bond donors (Lipinski definition) is 1. The molecule has 1 N–H and O–H groups in total. The van der Waals surface area contributed by atoms with Gasteiger partial charge in [0.15, 0.2) is 0 Å². The van der Waals surface area contributed by atoms with Gasteiger partial charge >= 0.3 is 0 Å². The average molecular weight is 312 g/mol. The molecule has 0 aromatic heterocycles. The summed E-state index contributed by atoms with van der Waals surface area (Å²) in [6.07, 6.45) is 0. The minimum absolute atomic E-state index is 0.0898. The van der Waals surface area contributed by atoms with Crippen molar-refractivity contribution in [3.05, 3.63) is 58.6 Å². The molecule has 0 spiro atoms. The molecular weight excluding hydrogens is 301 g/mol. The normalized spacial score (nSPS) is 10.2. The lowest BCUT2D eigenvalue weighted by atomic mass is 10.3. The molecule has 0 heterocycles. The summed E-state index contributed by atoms with van der Waals surface area (Å²) in [6.45, 7) is 0. The van der Waals surface area contributed by atoms with E-state index in [-0.39, 0.29) is 5.91 Å². The number of para-hydroxylation sites is 1. The van der Waals surface area contributed by atoms with Gasteiger partial charge in [0, 0.05) is 9.92 Å². The summed E-state index contributed by atoms with van der Waals surface area (Å²) < 4.78 is 0. The summed E-state index contributed by atoms with van der Waals surface area (Å²) >= 11 is 13.2. The first kappa shape index (κ1) is 14.3. The summed E-state index contributed by atoms with van der Waals surface area (Å²) in [5, 5.41) is 3.99. The molecule has 0 fully saturated rings. The molecule has 0 aliphatic rings. The van der Waals surface area contributed by atoms with E-state index in [0.29, 0.717) is 21.5 Å². The molecule has 98 valence electrons. The fourth-order valence-electron chi connectivity index (χ4n) is 1.43. The highest BCUT2D eigenvalue weighted by molar-refractivity contribution is 8.00. The Kier molecular flexibility index (Phi) is 5.14. The summed E-state index contributed by atoms with van der Waals surface area (Å²) in [6, 6.07) is 14.5. The van der Waals surface area contributed by atoms with Crippen molar-refractivity contribution in [3.8, 4) is 0 Å². The molecule has 0 saturated carbocycles. The molecule has 0 aliphatic carbocycles. The van der Waals surface area contributed by atoms with Crippen molar-refractivity contribution in [2.24, 2.45) is 0 Å². The molecule has 2 nitrogen and oxygen atoms in total. The number of anilines is 1. The molecule has 0 saturated heterocycles. The summed E-state index contributed by atoms with van der Waals surface area (Å²) in [5.41, 5.74) is 0.630. The predicted molar refractivity (Wildman–Crippen MR) is 82.3 cm³/mol. The molecule has 2 aromatic rings. The van der Waals surface area contributed by atoms with Gasteiger partial charge < -0.3 is 5.32 Å². The van der Waals surface area contributed by atoms with Crippen LogP contribution in [-0.2, 0) is 4.79 Å². The number of rotatable bonds is 4. The Morgan fingerprint density at radius 2 is 1.74 bits per heavy atom. The Labute approximate surface area is 126 Å². The van der Waals surface area contributed by atoms with Gasteiger partial charge in [-0.15, -0.1) is 11.8 Å². The number of hydrogen-bond acceptors (Lipinski definition) is 2. The van der Waals surface area contributed by atoms with Crippen LogP contribution in [-0.4, -0.2) is 11.7 Å². The van der Waals surface area contributed by atoms with Gasteiger partial charge in [0.2, 0.25) is 5.91 Å². The van der Waals surface area contributed by atoms with E-state index in [1.165, 1.54) is 11.8 Å². The van der Waals surface area contributed by atoms with Gasteiger partial charge in [-0.1, -0.05) is 35.3 Å². The van der Waals surface area contributed by atoms with Crippen LogP contribution >= 0.6 is 35.0 Å². The Balaban J connectivity index is 1.88. The van der Waals surface area contributed by atoms with E-state index in [0.717, 1.165) is 4.90 Å². The molecule has 0 aliphatic heterocycles. The number of carbonyl (C=O) groups excluding carboxylic acids is 1. The summed E-state index contributed by atoms with van der Waals surface area (Å²) in [5.74, 6) is 0.236. The van der Waals surface area contributed by atoms with E-state index in [1.54, 1.807) is 24.3 Å². The van der Waals surface area contributed by atoms with E-state index < -0.39 is 0 Å². The number of halogens is 2. The Hall–Kier alpha value is -1.16. The van der Waals surface area contributed by atoms with Crippen LogP contribution in [0.4, 0.5) is 5.69 Å². The van der Waals surface area contributed by atoms with Crippen LogP contribution in [0.1, 0.15) is 0 Å². The van der Waals surface area contributed by atoms with Gasteiger partial charge in [-0.05, 0) is 36.4 Å². The van der Waals surface area contributed by atoms with Gasteiger partial charge in [0.1, 0.15) is 0 Å². The molecule has 0 radical (unpaired) electrons. The van der Waals surface area contributed by atoms with Crippen molar-refractivity contribution in [2.45, 2.75) is 4.90 Å². The van der Waals surface area contributed by atoms with Crippen LogP contribution in [0.15, 0.2) is 53.4 Å². The molecule has 2 aromatic carbocycles. The maximum atomic E-state index is 11.8. The Bertz CT molecular complexity index is 572. The summed E-state index contributed by atoms with van der Waals surface area (Å²) in [4.78, 5) is 12.8. The van der Waals surface area contributed by atoms with Crippen LogP contribution in [0.3, 0.4) is 0 Å². The van der Waals surface area contributed by atoms with Gasteiger partial charge in [0.05, 0.1) is 16.5 Å². The average Bonchev–Trinajstić information content (AvgIpc) is 2.41. The topological polar surface area (TPSA) is 29.1 Å². The van der Waals surface area contributed by atoms with Crippen molar-refractivity contribution in [3.63, 3.8) is 0 Å². The second-order valence-electron chi connectivity index (χ2n) is 3.77. The standard InChI is InChI=1S/C14H11Cl2NOS/c15-10-5-7-11(8-6-10)19-9-14(18)17-13-4-2-1-3-12(13)16/h1-8H,9H2,(H,17,18). The lowest BCUT2D eigenvalue weighted by Crippen LogP contribution is -2.14. The van der Waals surface area contributed by atoms with Crippen LogP contribution in [0.25, 0.3) is 0 Å². The second-order valence-corrected chi connectivity index (χ2v) is 5.66.